The monoisotopic (exact) mass is 398 g/mol. The molecule has 0 fully saturated rings. The summed E-state index contributed by atoms with van der Waals surface area (Å²) in [5.74, 6) is 1.99. The molecule has 2 heterocycles. The largest absolute Gasteiger partial charge is 0.493 e. The Morgan fingerprint density at radius 3 is 2.71 bits per heavy atom. The van der Waals surface area contributed by atoms with E-state index in [1.54, 1.807) is 26.5 Å². The fourth-order valence-corrected chi connectivity index (χ4v) is 3.25. The van der Waals surface area contributed by atoms with Crippen LogP contribution in [0.4, 0.5) is 0 Å². The summed E-state index contributed by atoms with van der Waals surface area (Å²) in [5.41, 5.74) is 5.44. The average molecular weight is 399 g/mol. The van der Waals surface area contributed by atoms with E-state index >= 15 is 0 Å². The van der Waals surface area contributed by atoms with Gasteiger partial charge in [0.15, 0.2) is 11.5 Å². The number of aromatic nitrogens is 1. The van der Waals surface area contributed by atoms with Gasteiger partial charge in [0.25, 0.3) is 0 Å². The lowest BCUT2D eigenvalue weighted by molar-refractivity contribution is 0.0238. The molecule has 2 aromatic carbocycles. The summed E-state index contributed by atoms with van der Waals surface area (Å²) in [6.07, 6.45) is 3.43. The Morgan fingerprint density at radius 2 is 1.89 bits per heavy atom. The Kier molecular flexibility index (Phi) is 5.23. The van der Waals surface area contributed by atoms with Crippen LogP contribution in [0.5, 0.6) is 17.2 Å². The van der Waals surface area contributed by atoms with Crippen molar-refractivity contribution < 1.29 is 19.0 Å². The molecule has 1 aliphatic rings. The number of fused-ring (bicyclic) bond motifs is 1. The Hall–Kier alpha value is -2.96. The number of ether oxygens (including phenoxy) is 3. The van der Waals surface area contributed by atoms with Crippen LogP contribution in [-0.2, 0) is 4.84 Å². The van der Waals surface area contributed by atoms with Crippen molar-refractivity contribution in [2.45, 2.75) is 6.10 Å². The van der Waals surface area contributed by atoms with E-state index < -0.39 is 0 Å². The van der Waals surface area contributed by atoms with Crippen molar-refractivity contribution >= 4 is 28.2 Å². The second kappa shape index (κ2) is 7.96. The molecule has 4 rings (SSSR count). The van der Waals surface area contributed by atoms with Crippen molar-refractivity contribution in [3.8, 4) is 17.2 Å². The van der Waals surface area contributed by atoms with Gasteiger partial charge >= 0.3 is 0 Å². The first-order valence-electron chi connectivity index (χ1n) is 8.71. The Morgan fingerprint density at radius 1 is 1.07 bits per heavy atom. The fraction of sp³-hybridized carbons (Fsp3) is 0.190. The third-order valence-electron chi connectivity index (χ3n) is 4.45. The summed E-state index contributed by atoms with van der Waals surface area (Å²) < 4.78 is 16.6. The van der Waals surface area contributed by atoms with Crippen molar-refractivity contribution in [2.24, 2.45) is 0 Å². The van der Waals surface area contributed by atoms with Gasteiger partial charge in [0, 0.05) is 17.1 Å². The van der Waals surface area contributed by atoms with Crippen LogP contribution in [0.1, 0.15) is 5.56 Å². The van der Waals surface area contributed by atoms with Crippen LogP contribution in [0.2, 0.25) is 5.02 Å². The van der Waals surface area contributed by atoms with E-state index in [9.17, 15) is 0 Å². The third-order valence-corrected chi connectivity index (χ3v) is 4.78. The van der Waals surface area contributed by atoms with Gasteiger partial charge in [-0.05, 0) is 48.5 Å². The molecule has 6 nitrogen and oxygen atoms in total. The minimum Gasteiger partial charge on any atom is -0.493 e. The number of rotatable bonds is 6. The maximum Gasteiger partial charge on any atom is 0.161 e. The lowest BCUT2D eigenvalue weighted by Crippen LogP contribution is -2.19. The summed E-state index contributed by atoms with van der Waals surface area (Å²) in [6.45, 7) is 0.330. The molecule has 1 atom stereocenters. The summed E-state index contributed by atoms with van der Waals surface area (Å²) >= 11 is 6.23. The quantitative estimate of drug-likeness (QED) is 0.670. The van der Waals surface area contributed by atoms with E-state index in [0.29, 0.717) is 28.9 Å². The lowest BCUT2D eigenvalue weighted by Gasteiger charge is -2.12. The highest BCUT2D eigenvalue weighted by Gasteiger charge is 2.20. The molecule has 3 aromatic rings. The standard InChI is InChI=1S/C21H19ClN2O4/c1-25-18-7-5-13(10-20(18)26-2)17-11-14(28-24-17)12-27-19-8-6-16(22)15-4-3-9-23-21(15)19/h3-11,14,24H,12H2,1-2H3/t14-/m0/s1. The van der Waals surface area contributed by atoms with Gasteiger partial charge in [-0.3, -0.25) is 15.3 Å². The number of nitrogens with zero attached hydrogens (tertiary/aromatic N) is 1. The first kappa shape index (κ1) is 18.4. The molecule has 0 saturated carbocycles. The van der Waals surface area contributed by atoms with Gasteiger partial charge in [0.05, 0.1) is 24.9 Å². The van der Waals surface area contributed by atoms with Gasteiger partial charge in [0.2, 0.25) is 0 Å². The zero-order chi connectivity index (χ0) is 19.5. The van der Waals surface area contributed by atoms with Crippen LogP contribution in [0.3, 0.4) is 0 Å². The topological polar surface area (TPSA) is 61.8 Å². The van der Waals surface area contributed by atoms with Crippen LogP contribution in [0.15, 0.2) is 54.7 Å². The number of hydroxylamine groups is 1. The number of methoxy groups -OCH3 is 2. The van der Waals surface area contributed by atoms with Gasteiger partial charge in [0.1, 0.15) is 24.0 Å². The van der Waals surface area contributed by atoms with Crippen LogP contribution >= 0.6 is 11.6 Å². The third kappa shape index (κ3) is 3.56. The fourth-order valence-electron chi connectivity index (χ4n) is 3.03. The second-order valence-electron chi connectivity index (χ2n) is 6.16. The Labute approximate surface area is 167 Å². The smallest absolute Gasteiger partial charge is 0.161 e. The van der Waals surface area contributed by atoms with Gasteiger partial charge in [-0.15, -0.1) is 0 Å². The normalized spacial score (nSPS) is 15.8. The van der Waals surface area contributed by atoms with Gasteiger partial charge in [-0.1, -0.05) is 11.6 Å². The highest BCUT2D eigenvalue weighted by molar-refractivity contribution is 6.35. The maximum atomic E-state index is 6.23. The van der Waals surface area contributed by atoms with Crippen molar-refractivity contribution in [1.29, 1.82) is 0 Å². The zero-order valence-electron chi connectivity index (χ0n) is 15.4. The van der Waals surface area contributed by atoms with Crippen molar-refractivity contribution in [2.75, 3.05) is 20.8 Å². The van der Waals surface area contributed by atoms with Crippen molar-refractivity contribution in [1.82, 2.24) is 10.5 Å². The summed E-state index contributed by atoms with van der Waals surface area (Å²) in [5, 5.41) is 1.50. The molecule has 0 saturated heterocycles. The van der Waals surface area contributed by atoms with E-state index in [0.717, 1.165) is 22.2 Å². The van der Waals surface area contributed by atoms with Crippen molar-refractivity contribution in [3.05, 3.63) is 65.3 Å². The molecular weight excluding hydrogens is 380 g/mol. The van der Waals surface area contributed by atoms with Gasteiger partial charge in [-0.2, -0.15) is 0 Å². The highest BCUT2D eigenvalue weighted by Crippen LogP contribution is 2.32. The van der Waals surface area contributed by atoms with E-state index in [2.05, 4.69) is 10.5 Å². The molecule has 1 aliphatic heterocycles. The summed E-state index contributed by atoms with van der Waals surface area (Å²) in [4.78, 5) is 10.00. The van der Waals surface area contributed by atoms with E-state index in [-0.39, 0.29) is 6.10 Å². The predicted molar refractivity (Wildman–Crippen MR) is 108 cm³/mol. The minimum atomic E-state index is -0.252. The maximum absolute atomic E-state index is 6.23. The van der Waals surface area contributed by atoms with E-state index in [1.807, 2.05) is 42.5 Å². The SMILES string of the molecule is COc1ccc(C2=C[C@@H](COc3ccc(Cl)c4cccnc34)ON2)cc1OC. The average Bonchev–Trinajstić information content (AvgIpc) is 3.22. The van der Waals surface area contributed by atoms with Crippen LogP contribution in [-0.4, -0.2) is 31.9 Å². The first-order valence-corrected chi connectivity index (χ1v) is 9.09. The molecule has 0 aliphatic carbocycles. The van der Waals surface area contributed by atoms with Gasteiger partial charge in [-0.25, -0.2) is 0 Å². The number of hydrogen-bond acceptors (Lipinski definition) is 6. The molecule has 0 amide bonds. The van der Waals surface area contributed by atoms with Crippen LogP contribution < -0.4 is 19.7 Å². The number of nitrogens with one attached hydrogen (secondary N) is 1. The molecule has 144 valence electrons. The molecule has 0 radical (unpaired) electrons. The molecule has 1 aromatic heterocycles. The number of pyridine rings is 1. The number of benzene rings is 2. The summed E-state index contributed by atoms with van der Waals surface area (Å²) in [6, 6.07) is 13.1. The molecule has 0 unspecified atom stereocenters. The molecule has 7 heteroatoms. The molecular formula is C21H19ClN2O4. The number of halogens is 1. The molecule has 0 spiro atoms. The Balaban J connectivity index is 1.49. The van der Waals surface area contributed by atoms with E-state index in [4.69, 9.17) is 30.6 Å². The second-order valence-corrected chi connectivity index (χ2v) is 6.57. The number of hydrogen-bond donors (Lipinski definition) is 1. The minimum absolute atomic E-state index is 0.252. The molecule has 1 N–H and O–H groups in total. The summed E-state index contributed by atoms with van der Waals surface area (Å²) in [7, 11) is 3.21. The molecule has 0 bridgehead atoms. The van der Waals surface area contributed by atoms with Gasteiger partial charge < -0.3 is 14.2 Å². The highest BCUT2D eigenvalue weighted by atomic mass is 35.5. The van der Waals surface area contributed by atoms with Crippen molar-refractivity contribution in [3.63, 3.8) is 0 Å². The lowest BCUT2D eigenvalue weighted by atomic mass is 10.1. The van der Waals surface area contributed by atoms with Crippen LogP contribution in [0, 0.1) is 0 Å². The van der Waals surface area contributed by atoms with E-state index in [1.165, 1.54) is 0 Å². The first-order chi connectivity index (χ1) is 13.7. The Bertz CT molecular complexity index is 1040. The zero-order valence-corrected chi connectivity index (χ0v) is 16.2. The molecule has 28 heavy (non-hydrogen) atoms. The predicted octanol–water partition coefficient (Wildman–Crippen LogP) is 4.23. The van der Waals surface area contributed by atoms with Crippen LogP contribution in [0.25, 0.3) is 16.6 Å².